The SMILES string of the molecule is COc1ccc(/C=N\NC(=O)CN(C2CCCCC2)S(=O)(=O)c2ccc(C)cc2)c(OC)c1OC. The number of benzene rings is 2. The average Bonchev–Trinajstić information content (AvgIpc) is 2.87. The molecule has 0 aromatic heterocycles. The van der Waals surface area contributed by atoms with Gasteiger partial charge in [-0.3, -0.25) is 4.79 Å². The van der Waals surface area contributed by atoms with Gasteiger partial charge in [-0.2, -0.15) is 9.41 Å². The van der Waals surface area contributed by atoms with E-state index in [1.165, 1.54) is 31.8 Å². The molecule has 190 valence electrons. The fourth-order valence-electron chi connectivity index (χ4n) is 4.20. The van der Waals surface area contributed by atoms with E-state index in [1.54, 1.807) is 36.4 Å². The maximum Gasteiger partial charge on any atom is 0.255 e. The van der Waals surface area contributed by atoms with Crippen molar-refractivity contribution in [3.05, 3.63) is 47.5 Å². The first-order chi connectivity index (χ1) is 16.8. The number of hydrazone groups is 1. The number of sulfonamides is 1. The van der Waals surface area contributed by atoms with Crippen LogP contribution in [-0.4, -0.2) is 58.8 Å². The first-order valence-electron chi connectivity index (χ1n) is 11.5. The van der Waals surface area contributed by atoms with Gasteiger partial charge in [-0.05, 0) is 44.0 Å². The molecule has 10 heteroatoms. The molecule has 3 rings (SSSR count). The van der Waals surface area contributed by atoms with Gasteiger partial charge in [0.25, 0.3) is 5.91 Å². The lowest BCUT2D eigenvalue weighted by Gasteiger charge is -2.32. The third-order valence-electron chi connectivity index (χ3n) is 6.04. The standard InChI is InChI=1S/C25H33N3O6S/c1-18-10-13-21(14-11-18)35(30,31)28(20-8-6-5-7-9-20)17-23(29)27-26-16-19-12-15-22(32-2)25(34-4)24(19)33-3/h10-16,20H,5-9,17H2,1-4H3,(H,27,29)/b26-16-. The third-order valence-corrected chi connectivity index (χ3v) is 7.95. The van der Waals surface area contributed by atoms with Gasteiger partial charge in [0.1, 0.15) is 0 Å². The lowest BCUT2D eigenvalue weighted by Crippen LogP contribution is -2.46. The predicted molar refractivity (Wildman–Crippen MR) is 134 cm³/mol. The highest BCUT2D eigenvalue weighted by Gasteiger charge is 2.34. The normalized spacial score (nSPS) is 14.8. The molecular weight excluding hydrogens is 470 g/mol. The van der Waals surface area contributed by atoms with Gasteiger partial charge < -0.3 is 14.2 Å². The van der Waals surface area contributed by atoms with E-state index in [-0.39, 0.29) is 17.5 Å². The van der Waals surface area contributed by atoms with E-state index in [2.05, 4.69) is 10.5 Å². The van der Waals surface area contributed by atoms with Gasteiger partial charge in [0.2, 0.25) is 15.8 Å². The van der Waals surface area contributed by atoms with Crippen LogP contribution in [0.3, 0.4) is 0 Å². The van der Waals surface area contributed by atoms with Crippen molar-refractivity contribution < 1.29 is 27.4 Å². The smallest absolute Gasteiger partial charge is 0.255 e. The van der Waals surface area contributed by atoms with Crippen molar-refractivity contribution in [2.24, 2.45) is 5.10 Å². The number of nitrogens with zero attached hydrogens (tertiary/aromatic N) is 2. The first-order valence-corrected chi connectivity index (χ1v) is 12.9. The van der Waals surface area contributed by atoms with E-state index >= 15 is 0 Å². The monoisotopic (exact) mass is 503 g/mol. The molecule has 1 aliphatic carbocycles. The van der Waals surface area contributed by atoms with E-state index in [9.17, 15) is 13.2 Å². The molecule has 2 aromatic rings. The summed E-state index contributed by atoms with van der Waals surface area (Å²) >= 11 is 0. The maximum atomic E-state index is 13.5. The van der Waals surface area contributed by atoms with Gasteiger partial charge in [-0.1, -0.05) is 37.0 Å². The Labute approximate surface area is 207 Å². The highest BCUT2D eigenvalue weighted by Crippen LogP contribution is 2.39. The molecule has 9 nitrogen and oxygen atoms in total. The molecule has 1 amide bonds. The minimum atomic E-state index is -3.85. The first kappa shape index (κ1) is 26.5. The average molecular weight is 504 g/mol. The number of methoxy groups -OCH3 is 3. The fourth-order valence-corrected chi connectivity index (χ4v) is 5.84. The molecule has 0 radical (unpaired) electrons. The Balaban J connectivity index is 1.78. The topological polar surface area (TPSA) is 107 Å². The van der Waals surface area contributed by atoms with Crippen molar-refractivity contribution in [2.45, 2.75) is 50.0 Å². The highest BCUT2D eigenvalue weighted by molar-refractivity contribution is 7.89. The molecule has 1 N–H and O–H groups in total. The molecule has 0 spiro atoms. The van der Waals surface area contributed by atoms with Crippen molar-refractivity contribution in [1.82, 2.24) is 9.73 Å². The summed E-state index contributed by atoms with van der Waals surface area (Å²) in [6, 6.07) is 9.87. The van der Waals surface area contributed by atoms with Crippen LogP contribution >= 0.6 is 0 Å². The van der Waals surface area contributed by atoms with Crippen LogP contribution in [-0.2, 0) is 14.8 Å². The second kappa shape index (κ2) is 12.0. The van der Waals surface area contributed by atoms with Gasteiger partial charge in [0, 0.05) is 11.6 Å². The number of amides is 1. The summed E-state index contributed by atoms with van der Waals surface area (Å²) in [4.78, 5) is 13.0. The summed E-state index contributed by atoms with van der Waals surface area (Å²) < 4.78 is 44.3. The molecular formula is C25H33N3O6S. The van der Waals surface area contributed by atoms with Crippen molar-refractivity contribution in [2.75, 3.05) is 27.9 Å². The van der Waals surface area contributed by atoms with Gasteiger partial charge in [0.15, 0.2) is 11.5 Å². The van der Waals surface area contributed by atoms with Gasteiger partial charge in [-0.25, -0.2) is 13.8 Å². The van der Waals surface area contributed by atoms with Gasteiger partial charge in [0.05, 0.1) is 39.0 Å². The maximum absolute atomic E-state index is 13.5. The van der Waals surface area contributed by atoms with E-state index in [0.717, 1.165) is 37.7 Å². The minimum absolute atomic E-state index is 0.181. The van der Waals surface area contributed by atoms with E-state index < -0.39 is 15.9 Å². The zero-order valence-electron chi connectivity index (χ0n) is 20.6. The van der Waals surface area contributed by atoms with Crippen LogP contribution in [0.2, 0.25) is 0 Å². The summed E-state index contributed by atoms with van der Waals surface area (Å²) in [5.74, 6) is 0.769. The van der Waals surface area contributed by atoms with Crippen LogP contribution in [0, 0.1) is 6.92 Å². The lowest BCUT2D eigenvalue weighted by molar-refractivity contribution is -0.121. The summed E-state index contributed by atoms with van der Waals surface area (Å²) in [5.41, 5.74) is 3.97. The fraction of sp³-hybridized carbons (Fsp3) is 0.440. The Hall–Kier alpha value is -3.11. The number of ether oxygens (including phenoxy) is 3. The molecule has 0 heterocycles. The summed E-state index contributed by atoms with van der Waals surface area (Å²) in [7, 11) is 0.664. The number of rotatable bonds is 10. The molecule has 0 bridgehead atoms. The summed E-state index contributed by atoms with van der Waals surface area (Å²) in [5, 5.41) is 4.02. The number of carbonyl (C=O) groups excluding carboxylic acids is 1. The Morgan fingerprint density at radius 2 is 1.66 bits per heavy atom. The van der Waals surface area contributed by atoms with Crippen LogP contribution in [0.15, 0.2) is 46.4 Å². The number of carbonyl (C=O) groups is 1. The number of aryl methyl sites for hydroxylation is 1. The molecule has 0 atom stereocenters. The number of hydrogen-bond acceptors (Lipinski definition) is 7. The lowest BCUT2D eigenvalue weighted by atomic mass is 9.95. The molecule has 1 saturated carbocycles. The van der Waals surface area contributed by atoms with Crippen LogP contribution in [0.5, 0.6) is 17.2 Å². The Morgan fingerprint density at radius 3 is 2.26 bits per heavy atom. The Kier molecular flexibility index (Phi) is 9.11. The molecule has 0 aliphatic heterocycles. The Morgan fingerprint density at radius 1 is 1.00 bits per heavy atom. The zero-order chi connectivity index (χ0) is 25.4. The second-order valence-corrected chi connectivity index (χ2v) is 10.3. The van der Waals surface area contributed by atoms with Crippen LogP contribution in [0.1, 0.15) is 43.2 Å². The van der Waals surface area contributed by atoms with Crippen LogP contribution < -0.4 is 19.6 Å². The molecule has 2 aromatic carbocycles. The van der Waals surface area contributed by atoms with Crippen molar-refractivity contribution in [3.8, 4) is 17.2 Å². The zero-order valence-corrected chi connectivity index (χ0v) is 21.4. The van der Waals surface area contributed by atoms with Gasteiger partial charge in [-0.15, -0.1) is 0 Å². The predicted octanol–water partition coefficient (Wildman–Crippen LogP) is 3.49. The van der Waals surface area contributed by atoms with Crippen molar-refractivity contribution in [3.63, 3.8) is 0 Å². The van der Waals surface area contributed by atoms with Gasteiger partial charge >= 0.3 is 0 Å². The number of hydrogen-bond donors (Lipinski definition) is 1. The molecule has 1 fully saturated rings. The minimum Gasteiger partial charge on any atom is -0.493 e. The molecule has 1 aliphatic rings. The Bertz CT molecular complexity index is 1140. The van der Waals surface area contributed by atoms with Crippen molar-refractivity contribution in [1.29, 1.82) is 0 Å². The highest BCUT2D eigenvalue weighted by atomic mass is 32.2. The quantitative estimate of drug-likeness (QED) is 0.393. The summed E-state index contributed by atoms with van der Waals surface area (Å²) in [6.45, 7) is 1.58. The van der Waals surface area contributed by atoms with Crippen LogP contribution in [0.4, 0.5) is 0 Å². The number of nitrogens with one attached hydrogen (secondary N) is 1. The van der Waals surface area contributed by atoms with E-state index in [1.807, 2.05) is 6.92 Å². The molecule has 35 heavy (non-hydrogen) atoms. The summed E-state index contributed by atoms with van der Waals surface area (Å²) in [6.07, 6.45) is 5.80. The van der Waals surface area contributed by atoms with E-state index in [4.69, 9.17) is 14.2 Å². The van der Waals surface area contributed by atoms with E-state index in [0.29, 0.717) is 22.8 Å². The molecule has 0 unspecified atom stereocenters. The van der Waals surface area contributed by atoms with Crippen molar-refractivity contribution >= 4 is 22.1 Å². The third kappa shape index (κ3) is 6.32. The second-order valence-electron chi connectivity index (χ2n) is 8.37. The van der Waals surface area contributed by atoms with Crippen LogP contribution in [0.25, 0.3) is 0 Å². The largest absolute Gasteiger partial charge is 0.493 e. The molecule has 0 saturated heterocycles.